The molecule has 26 heavy (non-hydrogen) atoms. The van der Waals surface area contributed by atoms with Crippen molar-refractivity contribution in [1.29, 1.82) is 0 Å². The minimum atomic E-state index is -0.607. The maximum absolute atomic E-state index is 12.2. The molecule has 0 spiro atoms. The molecule has 0 saturated carbocycles. The number of carbonyl (C=O) groups excluding carboxylic acids is 2. The molecule has 5 nitrogen and oxygen atoms in total. The fourth-order valence-electron chi connectivity index (χ4n) is 3.31. The van der Waals surface area contributed by atoms with Crippen LogP contribution in [0.4, 0.5) is 0 Å². The van der Waals surface area contributed by atoms with Crippen LogP contribution in [0.2, 0.25) is 0 Å². The van der Waals surface area contributed by atoms with Crippen molar-refractivity contribution in [3.05, 3.63) is 71.8 Å². The number of hydrogen-bond acceptors (Lipinski definition) is 3. The quantitative estimate of drug-likeness (QED) is 0.811. The molecule has 1 aliphatic heterocycles. The van der Waals surface area contributed by atoms with E-state index in [4.69, 9.17) is 4.74 Å². The van der Waals surface area contributed by atoms with Gasteiger partial charge in [0.1, 0.15) is 0 Å². The highest BCUT2D eigenvalue weighted by atomic mass is 16.5. The van der Waals surface area contributed by atoms with Gasteiger partial charge in [-0.1, -0.05) is 60.7 Å². The number of rotatable bonds is 5. The van der Waals surface area contributed by atoms with Gasteiger partial charge in [0.15, 0.2) is 0 Å². The largest absolute Gasteiger partial charge is 0.381 e. The first-order chi connectivity index (χ1) is 12.7. The normalized spacial score (nSPS) is 15.8. The Morgan fingerprint density at radius 2 is 1.42 bits per heavy atom. The molecule has 1 fully saturated rings. The number of nitrogens with one attached hydrogen (secondary N) is 2. The van der Waals surface area contributed by atoms with Crippen LogP contribution in [0.15, 0.2) is 60.7 Å². The standard InChI is InChI=1S/C21H24N2O3/c24-19(22-15-17-7-3-1-4-8-17)20(25)23-16-21(11-13-26-14-12-21)18-9-5-2-6-10-18/h1-10H,11-16H2,(H,22,24)(H,23,25). The van der Waals surface area contributed by atoms with Gasteiger partial charge in [0.05, 0.1) is 0 Å². The predicted molar refractivity (Wildman–Crippen MR) is 99.5 cm³/mol. The van der Waals surface area contributed by atoms with Crippen LogP contribution < -0.4 is 10.6 Å². The van der Waals surface area contributed by atoms with Crippen LogP contribution in [0.1, 0.15) is 24.0 Å². The summed E-state index contributed by atoms with van der Waals surface area (Å²) < 4.78 is 5.50. The van der Waals surface area contributed by atoms with Gasteiger partial charge in [-0.2, -0.15) is 0 Å². The van der Waals surface area contributed by atoms with Gasteiger partial charge in [0.25, 0.3) is 0 Å². The molecule has 5 heteroatoms. The van der Waals surface area contributed by atoms with Crippen molar-refractivity contribution in [3.63, 3.8) is 0 Å². The molecule has 0 radical (unpaired) electrons. The third-order valence-corrected chi connectivity index (χ3v) is 4.93. The Morgan fingerprint density at radius 3 is 2.08 bits per heavy atom. The number of amides is 2. The Hall–Kier alpha value is -2.66. The zero-order chi connectivity index (χ0) is 18.2. The Balaban J connectivity index is 1.58. The Labute approximate surface area is 153 Å². The summed E-state index contributed by atoms with van der Waals surface area (Å²) >= 11 is 0. The Bertz CT molecular complexity index is 725. The van der Waals surface area contributed by atoms with Crippen LogP contribution >= 0.6 is 0 Å². The van der Waals surface area contributed by atoms with Crippen molar-refractivity contribution in [3.8, 4) is 0 Å². The summed E-state index contributed by atoms with van der Waals surface area (Å²) in [5.41, 5.74) is 1.95. The minimum Gasteiger partial charge on any atom is -0.381 e. The SMILES string of the molecule is O=C(NCc1ccccc1)C(=O)NCC1(c2ccccc2)CCOCC1. The van der Waals surface area contributed by atoms with Gasteiger partial charge in [-0.3, -0.25) is 9.59 Å². The summed E-state index contributed by atoms with van der Waals surface area (Å²) in [6, 6.07) is 19.7. The summed E-state index contributed by atoms with van der Waals surface area (Å²) in [5, 5.41) is 5.48. The molecule has 0 atom stereocenters. The molecular weight excluding hydrogens is 328 g/mol. The van der Waals surface area contributed by atoms with Crippen molar-refractivity contribution in [2.45, 2.75) is 24.8 Å². The average molecular weight is 352 g/mol. The Morgan fingerprint density at radius 1 is 0.846 bits per heavy atom. The van der Waals surface area contributed by atoms with Gasteiger partial charge in [0.2, 0.25) is 0 Å². The Kier molecular flexibility index (Phi) is 6.02. The van der Waals surface area contributed by atoms with E-state index in [1.54, 1.807) is 0 Å². The number of ether oxygens (including phenoxy) is 1. The van der Waals surface area contributed by atoms with Crippen LogP contribution in [0.5, 0.6) is 0 Å². The summed E-state index contributed by atoms with van der Waals surface area (Å²) in [5.74, 6) is -1.20. The second-order valence-electron chi connectivity index (χ2n) is 6.61. The highest BCUT2D eigenvalue weighted by Crippen LogP contribution is 2.34. The van der Waals surface area contributed by atoms with Crippen molar-refractivity contribution in [2.24, 2.45) is 0 Å². The first-order valence-corrected chi connectivity index (χ1v) is 8.93. The fourth-order valence-corrected chi connectivity index (χ4v) is 3.31. The predicted octanol–water partition coefficient (Wildman–Crippen LogP) is 2.17. The van der Waals surface area contributed by atoms with E-state index in [0.717, 1.165) is 18.4 Å². The van der Waals surface area contributed by atoms with Gasteiger partial charge in [-0.15, -0.1) is 0 Å². The monoisotopic (exact) mass is 352 g/mol. The van der Waals surface area contributed by atoms with Crippen LogP contribution in [0.25, 0.3) is 0 Å². The number of carbonyl (C=O) groups is 2. The van der Waals surface area contributed by atoms with Gasteiger partial charge < -0.3 is 15.4 Å². The van der Waals surface area contributed by atoms with E-state index >= 15 is 0 Å². The van der Waals surface area contributed by atoms with Crippen molar-refractivity contribution in [2.75, 3.05) is 19.8 Å². The van der Waals surface area contributed by atoms with Gasteiger partial charge >= 0.3 is 11.8 Å². The lowest BCUT2D eigenvalue weighted by molar-refractivity contribution is -0.139. The lowest BCUT2D eigenvalue weighted by Crippen LogP contribution is -2.48. The molecule has 1 saturated heterocycles. The molecule has 2 N–H and O–H groups in total. The van der Waals surface area contributed by atoms with Crippen molar-refractivity contribution < 1.29 is 14.3 Å². The van der Waals surface area contributed by atoms with Crippen LogP contribution in [0, 0.1) is 0 Å². The fraction of sp³-hybridized carbons (Fsp3) is 0.333. The molecule has 3 rings (SSSR count). The van der Waals surface area contributed by atoms with E-state index in [2.05, 4.69) is 22.8 Å². The molecule has 0 unspecified atom stereocenters. The average Bonchev–Trinajstić information content (AvgIpc) is 2.72. The van der Waals surface area contributed by atoms with Gasteiger partial charge in [-0.25, -0.2) is 0 Å². The molecule has 2 aromatic carbocycles. The summed E-state index contributed by atoms with van der Waals surface area (Å²) in [6.45, 7) is 2.08. The second-order valence-corrected chi connectivity index (χ2v) is 6.61. The molecule has 1 aliphatic rings. The maximum atomic E-state index is 12.2. The summed E-state index contributed by atoms with van der Waals surface area (Å²) in [6.07, 6.45) is 1.64. The third kappa shape index (κ3) is 4.49. The third-order valence-electron chi connectivity index (χ3n) is 4.93. The molecular formula is C21H24N2O3. The van der Waals surface area contributed by atoms with E-state index in [9.17, 15) is 9.59 Å². The first kappa shape index (κ1) is 18.1. The van der Waals surface area contributed by atoms with Crippen molar-refractivity contribution >= 4 is 11.8 Å². The van der Waals surface area contributed by atoms with Crippen LogP contribution in [0.3, 0.4) is 0 Å². The molecule has 1 heterocycles. The van der Waals surface area contributed by atoms with E-state index < -0.39 is 11.8 Å². The highest BCUT2D eigenvalue weighted by Gasteiger charge is 2.35. The molecule has 0 aliphatic carbocycles. The van der Waals surface area contributed by atoms with Crippen LogP contribution in [-0.4, -0.2) is 31.6 Å². The molecule has 2 amide bonds. The van der Waals surface area contributed by atoms with Crippen molar-refractivity contribution in [1.82, 2.24) is 10.6 Å². The summed E-state index contributed by atoms with van der Waals surface area (Å²) in [7, 11) is 0. The van der Waals surface area contributed by atoms with E-state index in [0.29, 0.717) is 26.3 Å². The lowest BCUT2D eigenvalue weighted by atomic mass is 9.74. The second kappa shape index (κ2) is 8.63. The first-order valence-electron chi connectivity index (χ1n) is 8.93. The maximum Gasteiger partial charge on any atom is 0.309 e. The molecule has 2 aromatic rings. The van der Waals surface area contributed by atoms with E-state index in [1.807, 2.05) is 48.5 Å². The smallest absolute Gasteiger partial charge is 0.309 e. The minimum absolute atomic E-state index is 0.186. The van der Waals surface area contributed by atoms with E-state index in [1.165, 1.54) is 5.56 Å². The molecule has 136 valence electrons. The zero-order valence-electron chi connectivity index (χ0n) is 14.7. The van der Waals surface area contributed by atoms with Crippen LogP contribution in [-0.2, 0) is 26.3 Å². The topological polar surface area (TPSA) is 67.4 Å². The number of benzene rings is 2. The zero-order valence-corrected chi connectivity index (χ0v) is 14.7. The highest BCUT2D eigenvalue weighted by molar-refractivity contribution is 6.35. The molecule has 0 bridgehead atoms. The van der Waals surface area contributed by atoms with E-state index in [-0.39, 0.29) is 5.41 Å². The summed E-state index contributed by atoms with van der Waals surface area (Å²) in [4.78, 5) is 24.3. The van der Waals surface area contributed by atoms with Gasteiger partial charge in [0, 0.05) is 31.7 Å². The lowest BCUT2D eigenvalue weighted by Gasteiger charge is -2.37. The van der Waals surface area contributed by atoms with Gasteiger partial charge in [-0.05, 0) is 24.0 Å². The number of hydrogen-bond donors (Lipinski definition) is 2. The molecule has 0 aromatic heterocycles.